The summed E-state index contributed by atoms with van der Waals surface area (Å²) in [6, 6.07) is 11.0. The van der Waals surface area contributed by atoms with E-state index in [-0.39, 0.29) is 17.7 Å². The molecule has 9 heteroatoms. The van der Waals surface area contributed by atoms with E-state index in [2.05, 4.69) is 14.7 Å². The standard InChI is InChI=1S/C20H20BN3O4S/c25-21-10-17(19-16-6-7-22-20(16)23-11-18(19)28-21)14-8-15(9-14)24-29(26,27)12-13-4-2-1-3-5-13/h1-7,10-11,14-15,24-25H,8-9,12H2,(H,22,23). The van der Waals surface area contributed by atoms with Crippen LogP contribution in [-0.4, -0.2) is 36.6 Å². The summed E-state index contributed by atoms with van der Waals surface area (Å²) in [5, 5.41) is 11.0. The number of allylic oxidation sites excluding steroid dienone is 1. The van der Waals surface area contributed by atoms with E-state index in [1.807, 2.05) is 42.6 Å². The van der Waals surface area contributed by atoms with Crippen molar-refractivity contribution in [1.82, 2.24) is 14.7 Å². The van der Waals surface area contributed by atoms with Gasteiger partial charge in [0.25, 0.3) is 0 Å². The summed E-state index contributed by atoms with van der Waals surface area (Å²) < 4.78 is 33.3. The van der Waals surface area contributed by atoms with Gasteiger partial charge in [-0.15, -0.1) is 0 Å². The lowest BCUT2D eigenvalue weighted by Crippen LogP contribution is -2.45. The van der Waals surface area contributed by atoms with Crippen LogP contribution in [-0.2, 0) is 15.8 Å². The molecule has 3 N–H and O–H groups in total. The fraction of sp³-hybridized carbons (Fsp3) is 0.250. The molecule has 0 atom stereocenters. The number of hydrogen-bond acceptors (Lipinski definition) is 5. The van der Waals surface area contributed by atoms with Gasteiger partial charge in [-0.1, -0.05) is 30.3 Å². The van der Waals surface area contributed by atoms with E-state index in [0.29, 0.717) is 18.6 Å². The van der Waals surface area contributed by atoms with Gasteiger partial charge >= 0.3 is 7.12 Å². The van der Waals surface area contributed by atoms with Gasteiger partial charge < -0.3 is 14.7 Å². The van der Waals surface area contributed by atoms with Crippen LogP contribution in [0.25, 0.3) is 16.6 Å². The number of sulfonamides is 1. The van der Waals surface area contributed by atoms with Crippen molar-refractivity contribution in [3.8, 4) is 5.75 Å². The van der Waals surface area contributed by atoms with Crippen LogP contribution in [0.2, 0.25) is 0 Å². The monoisotopic (exact) mass is 409 g/mol. The number of pyridine rings is 1. The molecule has 148 valence electrons. The van der Waals surface area contributed by atoms with Crippen LogP contribution < -0.4 is 9.38 Å². The molecular weight excluding hydrogens is 389 g/mol. The lowest BCUT2D eigenvalue weighted by atomic mass is 9.68. The maximum atomic E-state index is 12.5. The van der Waals surface area contributed by atoms with Crippen molar-refractivity contribution in [3.63, 3.8) is 0 Å². The van der Waals surface area contributed by atoms with Crippen molar-refractivity contribution >= 4 is 33.7 Å². The van der Waals surface area contributed by atoms with Crippen molar-refractivity contribution < 1.29 is 18.1 Å². The minimum Gasteiger partial charge on any atom is -0.531 e. The molecule has 7 nitrogen and oxygen atoms in total. The molecule has 2 aromatic heterocycles. The lowest BCUT2D eigenvalue weighted by Gasteiger charge is -2.39. The van der Waals surface area contributed by atoms with Crippen molar-refractivity contribution in [2.45, 2.75) is 24.6 Å². The third kappa shape index (κ3) is 3.57. The lowest BCUT2D eigenvalue weighted by molar-refractivity contribution is 0.308. The third-order valence-electron chi connectivity index (χ3n) is 5.53. The molecule has 29 heavy (non-hydrogen) atoms. The normalized spacial score (nSPS) is 21.3. The highest BCUT2D eigenvalue weighted by atomic mass is 32.2. The summed E-state index contributed by atoms with van der Waals surface area (Å²) in [5.74, 6) is 2.39. The molecule has 0 spiro atoms. The molecule has 1 fully saturated rings. The Hall–Kier alpha value is -2.62. The molecular formula is C20H20BN3O4S. The summed E-state index contributed by atoms with van der Waals surface area (Å²) in [5.41, 5.74) is 3.44. The maximum absolute atomic E-state index is 12.5. The zero-order valence-electron chi connectivity index (χ0n) is 15.6. The molecule has 0 bridgehead atoms. The Balaban J connectivity index is 1.32. The minimum absolute atomic E-state index is 0.0251. The van der Waals surface area contributed by atoms with Crippen LogP contribution in [0.5, 0.6) is 5.75 Å². The number of fused-ring (bicyclic) bond motifs is 3. The first-order valence-corrected chi connectivity index (χ1v) is 11.2. The highest BCUT2D eigenvalue weighted by Crippen LogP contribution is 2.46. The molecule has 0 saturated heterocycles. The number of nitrogens with one attached hydrogen (secondary N) is 2. The zero-order valence-corrected chi connectivity index (χ0v) is 16.4. The third-order valence-corrected chi connectivity index (χ3v) is 6.94. The first-order chi connectivity index (χ1) is 14.0. The molecule has 1 aromatic carbocycles. The molecule has 3 heterocycles. The molecule has 2 aliphatic rings. The molecule has 5 rings (SSSR count). The van der Waals surface area contributed by atoms with Gasteiger partial charge in [0.1, 0.15) is 11.4 Å². The Bertz CT molecular complexity index is 1190. The average molecular weight is 409 g/mol. The smallest absolute Gasteiger partial charge is 0.531 e. The molecule has 0 radical (unpaired) electrons. The summed E-state index contributed by atoms with van der Waals surface area (Å²) in [4.78, 5) is 7.41. The van der Waals surface area contributed by atoms with E-state index < -0.39 is 17.1 Å². The zero-order chi connectivity index (χ0) is 20.0. The largest absolute Gasteiger partial charge is 0.552 e. The quantitative estimate of drug-likeness (QED) is 0.561. The van der Waals surface area contributed by atoms with Crippen molar-refractivity contribution in [3.05, 3.63) is 65.9 Å². The van der Waals surface area contributed by atoms with Crippen LogP contribution in [0.3, 0.4) is 0 Å². The minimum atomic E-state index is -3.40. The fourth-order valence-electron chi connectivity index (χ4n) is 4.18. The van der Waals surface area contributed by atoms with Gasteiger partial charge in [-0.3, -0.25) is 0 Å². The van der Waals surface area contributed by atoms with Gasteiger partial charge in [-0.25, -0.2) is 18.1 Å². The van der Waals surface area contributed by atoms with Crippen molar-refractivity contribution in [2.75, 3.05) is 0 Å². The first-order valence-electron chi connectivity index (χ1n) is 9.55. The number of nitrogens with zero attached hydrogens (tertiary/aromatic N) is 1. The predicted molar refractivity (Wildman–Crippen MR) is 111 cm³/mol. The van der Waals surface area contributed by atoms with Crippen molar-refractivity contribution in [1.29, 1.82) is 0 Å². The van der Waals surface area contributed by atoms with Crippen LogP contribution in [0.1, 0.15) is 24.0 Å². The molecule has 1 saturated carbocycles. The number of H-pyrrole nitrogens is 1. The van der Waals surface area contributed by atoms with Crippen molar-refractivity contribution in [2.24, 2.45) is 5.92 Å². The predicted octanol–water partition coefficient (Wildman–Crippen LogP) is 2.26. The van der Waals surface area contributed by atoms with E-state index in [4.69, 9.17) is 4.65 Å². The number of aromatic nitrogens is 2. The molecule has 0 amide bonds. The molecule has 1 aliphatic heterocycles. The topological polar surface area (TPSA) is 104 Å². The second-order valence-electron chi connectivity index (χ2n) is 7.60. The number of hydrogen-bond donors (Lipinski definition) is 3. The second kappa shape index (κ2) is 7.02. The number of benzene rings is 1. The highest BCUT2D eigenvalue weighted by Gasteiger charge is 2.39. The Morgan fingerprint density at radius 2 is 2.03 bits per heavy atom. The summed E-state index contributed by atoms with van der Waals surface area (Å²) >= 11 is 0. The maximum Gasteiger partial charge on any atom is 0.552 e. The van der Waals surface area contributed by atoms with Gasteiger partial charge in [-0.05, 0) is 41.9 Å². The van der Waals surface area contributed by atoms with E-state index in [9.17, 15) is 13.4 Å². The summed E-state index contributed by atoms with van der Waals surface area (Å²) in [6.07, 6.45) is 4.80. The molecule has 1 aliphatic carbocycles. The van der Waals surface area contributed by atoms with Crippen LogP contribution in [0.4, 0.5) is 0 Å². The Labute approximate surface area is 169 Å². The van der Waals surface area contributed by atoms with E-state index in [0.717, 1.165) is 27.7 Å². The summed E-state index contributed by atoms with van der Waals surface area (Å²) in [7, 11) is -4.43. The average Bonchev–Trinajstić information content (AvgIpc) is 3.13. The van der Waals surface area contributed by atoms with Crippen LogP contribution >= 0.6 is 0 Å². The van der Waals surface area contributed by atoms with E-state index in [1.54, 1.807) is 12.2 Å². The van der Waals surface area contributed by atoms with Gasteiger partial charge in [0.15, 0.2) is 0 Å². The van der Waals surface area contributed by atoms with Crippen LogP contribution in [0.15, 0.2) is 54.8 Å². The van der Waals surface area contributed by atoms with Gasteiger partial charge in [0.05, 0.1) is 11.9 Å². The Morgan fingerprint density at radius 3 is 2.83 bits per heavy atom. The Kier molecular flexibility index (Phi) is 4.46. The second-order valence-corrected chi connectivity index (χ2v) is 9.35. The van der Waals surface area contributed by atoms with E-state index >= 15 is 0 Å². The summed E-state index contributed by atoms with van der Waals surface area (Å²) in [6.45, 7) is 0. The number of aromatic amines is 1. The SMILES string of the molecule is O=S(=O)(Cc1ccccc1)NC1CC(C2=CB(O)Oc3cnc4[nH]ccc4c32)C1. The van der Waals surface area contributed by atoms with Gasteiger partial charge in [0, 0.05) is 23.2 Å². The van der Waals surface area contributed by atoms with E-state index in [1.165, 1.54) is 0 Å². The molecule has 0 unspecified atom stereocenters. The van der Waals surface area contributed by atoms with Gasteiger partial charge in [-0.2, -0.15) is 0 Å². The van der Waals surface area contributed by atoms with Crippen LogP contribution in [0, 0.1) is 5.92 Å². The Morgan fingerprint density at radius 1 is 1.24 bits per heavy atom. The molecule has 3 aromatic rings. The fourth-order valence-corrected chi connectivity index (χ4v) is 5.59. The highest BCUT2D eigenvalue weighted by molar-refractivity contribution is 7.88. The number of rotatable bonds is 5. The van der Waals surface area contributed by atoms with Gasteiger partial charge in [0.2, 0.25) is 10.0 Å². The first kappa shape index (κ1) is 18.4.